The summed E-state index contributed by atoms with van der Waals surface area (Å²) in [5.41, 5.74) is 2.22. The van der Waals surface area contributed by atoms with E-state index in [1.807, 2.05) is 41.6 Å². The van der Waals surface area contributed by atoms with Crippen molar-refractivity contribution in [1.82, 2.24) is 19.7 Å². The summed E-state index contributed by atoms with van der Waals surface area (Å²) in [6, 6.07) is 8.10. The summed E-state index contributed by atoms with van der Waals surface area (Å²) in [5.74, 6) is 0.949. The highest BCUT2D eigenvalue weighted by molar-refractivity contribution is 8.00. The molecule has 2 heterocycles. The molecule has 1 aromatic heterocycles. The van der Waals surface area contributed by atoms with Gasteiger partial charge in [-0.2, -0.15) is 0 Å². The number of aromatic nitrogens is 3. The number of amides is 1. The molecule has 2 aromatic rings. The van der Waals surface area contributed by atoms with Crippen LogP contribution in [0, 0.1) is 6.92 Å². The molecule has 0 saturated carbocycles. The second kappa shape index (κ2) is 7.36. The topological polar surface area (TPSA) is 60.3 Å². The minimum Gasteiger partial charge on any atom is -0.378 e. The van der Waals surface area contributed by atoms with Crippen molar-refractivity contribution in [3.05, 3.63) is 29.8 Å². The van der Waals surface area contributed by atoms with Gasteiger partial charge >= 0.3 is 0 Å². The molecule has 1 aliphatic rings. The van der Waals surface area contributed by atoms with E-state index in [0.717, 1.165) is 22.1 Å². The summed E-state index contributed by atoms with van der Waals surface area (Å²) in [6.45, 7) is 6.54. The molecule has 0 spiro atoms. The lowest BCUT2D eigenvalue weighted by Crippen LogP contribution is -2.44. The molecule has 0 radical (unpaired) electrons. The van der Waals surface area contributed by atoms with Crippen LogP contribution in [0.25, 0.3) is 11.4 Å². The Morgan fingerprint density at radius 3 is 2.67 bits per heavy atom. The number of hydrogen-bond acceptors (Lipinski definition) is 5. The normalized spacial score (nSPS) is 16.2. The van der Waals surface area contributed by atoms with E-state index in [9.17, 15) is 4.79 Å². The third-order valence-corrected chi connectivity index (χ3v) is 5.30. The lowest BCUT2D eigenvalue weighted by molar-refractivity contribution is -0.134. The maximum absolute atomic E-state index is 12.5. The minimum absolute atomic E-state index is 0.128. The van der Waals surface area contributed by atoms with E-state index in [1.54, 1.807) is 0 Å². The molecule has 1 saturated heterocycles. The average molecular weight is 346 g/mol. The van der Waals surface area contributed by atoms with Crippen molar-refractivity contribution in [2.45, 2.75) is 24.3 Å². The van der Waals surface area contributed by atoms with Gasteiger partial charge in [0.15, 0.2) is 11.0 Å². The van der Waals surface area contributed by atoms with Gasteiger partial charge in [-0.15, -0.1) is 10.2 Å². The molecule has 128 valence electrons. The summed E-state index contributed by atoms with van der Waals surface area (Å²) >= 11 is 1.45. The summed E-state index contributed by atoms with van der Waals surface area (Å²) in [7, 11) is 1.94. The average Bonchev–Trinajstić information content (AvgIpc) is 2.96. The van der Waals surface area contributed by atoms with Crippen LogP contribution in [0.1, 0.15) is 12.5 Å². The molecule has 1 atom stereocenters. The van der Waals surface area contributed by atoms with Crippen LogP contribution in [0.4, 0.5) is 0 Å². The van der Waals surface area contributed by atoms with E-state index in [1.165, 1.54) is 11.8 Å². The van der Waals surface area contributed by atoms with Gasteiger partial charge in [0, 0.05) is 25.7 Å². The van der Waals surface area contributed by atoms with Crippen molar-refractivity contribution < 1.29 is 9.53 Å². The first-order valence-electron chi connectivity index (χ1n) is 8.06. The van der Waals surface area contributed by atoms with Crippen molar-refractivity contribution in [2.24, 2.45) is 7.05 Å². The SMILES string of the molecule is Cc1ccccc1-c1nnc(SC(C)C(=O)N2CCOCC2)n1C. The Morgan fingerprint density at radius 2 is 1.96 bits per heavy atom. The summed E-state index contributed by atoms with van der Waals surface area (Å²) in [4.78, 5) is 14.4. The van der Waals surface area contributed by atoms with Gasteiger partial charge in [0.1, 0.15) is 0 Å². The Hall–Kier alpha value is -1.86. The fourth-order valence-electron chi connectivity index (χ4n) is 2.73. The standard InChI is InChI=1S/C17H22N4O2S/c1-12-6-4-5-7-14(12)15-18-19-17(20(15)3)24-13(2)16(22)21-8-10-23-11-9-21/h4-7,13H,8-11H2,1-3H3. The molecule has 0 N–H and O–H groups in total. The zero-order valence-electron chi connectivity index (χ0n) is 14.2. The van der Waals surface area contributed by atoms with Gasteiger partial charge in [-0.1, -0.05) is 36.0 Å². The monoisotopic (exact) mass is 346 g/mol. The maximum Gasteiger partial charge on any atom is 0.236 e. The summed E-state index contributed by atoms with van der Waals surface area (Å²) < 4.78 is 7.26. The molecule has 0 aliphatic carbocycles. The molecule has 6 nitrogen and oxygen atoms in total. The number of aryl methyl sites for hydroxylation is 1. The predicted octanol–water partition coefficient (Wildman–Crippen LogP) is 2.13. The number of nitrogens with zero attached hydrogens (tertiary/aromatic N) is 4. The molecular formula is C17H22N4O2S. The molecule has 24 heavy (non-hydrogen) atoms. The van der Waals surface area contributed by atoms with Crippen molar-refractivity contribution in [3.63, 3.8) is 0 Å². The highest BCUT2D eigenvalue weighted by Crippen LogP contribution is 2.28. The molecule has 3 rings (SSSR count). The highest BCUT2D eigenvalue weighted by Gasteiger charge is 2.25. The van der Waals surface area contributed by atoms with E-state index in [2.05, 4.69) is 23.2 Å². The number of carbonyl (C=O) groups excluding carboxylic acids is 1. The van der Waals surface area contributed by atoms with Crippen LogP contribution in [0.2, 0.25) is 0 Å². The fourth-order valence-corrected chi connectivity index (χ4v) is 3.62. The molecule has 1 fully saturated rings. The first-order chi connectivity index (χ1) is 11.6. The molecule has 0 bridgehead atoms. The molecule has 1 aliphatic heterocycles. The number of hydrogen-bond donors (Lipinski definition) is 0. The van der Waals surface area contributed by atoms with Crippen molar-refractivity contribution in [1.29, 1.82) is 0 Å². The first-order valence-corrected chi connectivity index (χ1v) is 8.94. The molecule has 1 aromatic carbocycles. The van der Waals surface area contributed by atoms with Crippen LogP contribution in [-0.2, 0) is 16.6 Å². The van der Waals surface area contributed by atoms with Gasteiger partial charge in [0.25, 0.3) is 0 Å². The smallest absolute Gasteiger partial charge is 0.236 e. The fraction of sp³-hybridized carbons (Fsp3) is 0.471. The lowest BCUT2D eigenvalue weighted by atomic mass is 10.1. The van der Waals surface area contributed by atoms with E-state index in [0.29, 0.717) is 26.3 Å². The van der Waals surface area contributed by atoms with Gasteiger partial charge in [0.05, 0.1) is 18.5 Å². The Labute approximate surface area is 146 Å². The van der Waals surface area contributed by atoms with E-state index >= 15 is 0 Å². The zero-order chi connectivity index (χ0) is 17.1. The van der Waals surface area contributed by atoms with Crippen LogP contribution in [-0.4, -0.2) is 57.1 Å². The van der Waals surface area contributed by atoms with E-state index < -0.39 is 0 Å². The number of rotatable bonds is 4. The Morgan fingerprint density at radius 1 is 1.25 bits per heavy atom. The number of ether oxygens (including phenoxy) is 1. The van der Waals surface area contributed by atoms with Gasteiger partial charge in [-0.25, -0.2) is 0 Å². The molecule has 7 heteroatoms. The first kappa shape index (κ1) is 17.0. The minimum atomic E-state index is -0.198. The third-order valence-electron chi connectivity index (χ3n) is 4.17. The largest absolute Gasteiger partial charge is 0.378 e. The number of benzene rings is 1. The Balaban J connectivity index is 1.74. The van der Waals surface area contributed by atoms with Crippen LogP contribution in [0.3, 0.4) is 0 Å². The number of carbonyl (C=O) groups is 1. The summed E-state index contributed by atoms with van der Waals surface area (Å²) in [6.07, 6.45) is 0. The molecule has 1 amide bonds. The molecular weight excluding hydrogens is 324 g/mol. The van der Waals surface area contributed by atoms with E-state index in [4.69, 9.17) is 4.74 Å². The van der Waals surface area contributed by atoms with Crippen LogP contribution < -0.4 is 0 Å². The zero-order valence-corrected chi connectivity index (χ0v) is 15.0. The van der Waals surface area contributed by atoms with Gasteiger partial charge in [0.2, 0.25) is 5.91 Å². The van der Waals surface area contributed by atoms with E-state index in [-0.39, 0.29) is 11.2 Å². The van der Waals surface area contributed by atoms with Gasteiger partial charge < -0.3 is 14.2 Å². The molecule has 1 unspecified atom stereocenters. The second-order valence-electron chi connectivity index (χ2n) is 5.88. The van der Waals surface area contributed by atoms with Crippen molar-refractivity contribution >= 4 is 17.7 Å². The maximum atomic E-state index is 12.5. The number of thioether (sulfide) groups is 1. The van der Waals surface area contributed by atoms with Crippen LogP contribution in [0.5, 0.6) is 0 Å². The van der Waals surface area contributed by atoms with Gasteiger partial charge in [-0.05, 0) is 19.4 Å². The second-order valence-corrected chi connectivity index (χ2v) is 7.19. The highest BCUT2D eigenvalue weighted by atomic mass is 32.2. The van der Waals surface area contributed by atoms with Crippen LogP contribution in [0.15, 0.2) is 29.4 Å². The summed E-state index contributed by atoms with van der Waals surface area (Å²) in [5, 5.41) is 9.15. The number of morpholine rings is 1. The third kappa shape index (κ3) is 3.47. The van der Waals surface area contributed by atoms with Crippen molar-refractivity contribution in [2.75, 3.05) is 26.3 Å². The quantitative estimate of drug-likeness (QED) is 0.794. The van der Waals surface area contributed by atoms with Crippen LogP contribution >= 0.6 is 11.8 Å². The lowest BCUT2D eigenvalue weighted by Gasteiger charge is -2.28. The predicted molar refractivity (Wildman–Crippen MR) is 93.9 cm³/mol. The Bertz CT molecular complexity index is 725. The van der Waals surface area contributed by atoms with Crippen molar-refractivity contribution in [3.8, 4) is 11.4 Å². The van der Waals surface area contributed by atoms with Gasteiger partial charge in [-0.3, -0.25) is 4.79 Å². The Kier molecular flexibility index (Phi) is 5.20.